The van der Waals surface area contributed by atoms with E-state index >= 15 is 0 Å². The van der Waals surface area contributed by atoms with Gasteiger partial charge < -0.3 is 14.6 Å². The summed E-state index contributed by atoms with van der Waals surface area (Å²) in [4.78, 5) is 20.7. The van der Waals surface area contributed by atoms with Crippen molar-refractivity contribution in [3.8, 4) is 11.8 Å². The lowest BCUT2D eigenvalue weighted by molar-refractivity contribution is 0.298. The number of nitrogens with zero attached hydrogens (tertiary/aromatic N) is 3. The number of methoxy groups -OCH3 is 2. The summed E-state index contributed by atoms with van der Waals surface area (Å²) in [6, 6.07) is 1.51. The lowest BCUT2D eigenvalue weighted by Gasteiger charge is -2.11. The van der Waals surface area contributed by atoms with Gasteiger partial charge in [-0.25, -0.2) is 9.38 Å². The standard InChI is InChI=1S/C12H15N3O4/c1-7-8(4-5-16)11(17)15-10(19-3)6-9(18-2)14-12(15)13-7/h6,16H,4-5H2,1-3H3. The normalized spacial score (nSPS) is 10.7. The van der Waals surface area contributed by atoms with Crippen molar-refractivity contribution in [3.63, 3.8) is 0 Å². The summed E-state index contributed by atoms with van der Waals surface area (Å²) < 4.78 is 11.5. The van der Waals surface area contributed by atoms with Crippen LogP contribution in [-0.4, -0.2) is 40.3 Å². The average molecular weight is 265 g/mol. The van der Waals surface area contributed by atoms with Gasteiger partial charge in [0.2, 0.25) is 17.5 Å². The van der Waals surface area contributed by atoms with Gasteiger partial charge in [-0.15, -0.1) is 0 Å². The second kappa shape index (κ2) is 5.23. The van der Waals surface area contributed by atoms with Crippen LogP contribution in [0.2, 0.25) is 0 Å². The smallest absolute Gasteiger partial charge is 0.265 e. The Labute approximate surface area is 109 Å². The van der Waals surface area contributed by atoms with Crippen LogP contribution in [0.3, 0.4) is 0 Å². The fraction of sp³-hybridized carbons (Fsp3) is 0.417. The van der Waals surface area contributed by atoms with Crippen molar-refractivity contribution >= 4 is 5.78 Å². The van der Waals surface area contributed by atoms with Gasteiger partial charge in [-0.3, -0.25) is 4.79 Å². The van der Waals surface area contributed by atoms with Crippen molar-refractivity contribution in [2.24, 2.45) is 0 Å². The highest BCUT2D eigenvalue weighted by molar-refractivity contribution is 5.40. The van der Waals surface area contributed by atoms with Crippen molar-refractivity contribution < 1.29 is 14.6 Å². The molecule has 0 radical (unpaired) electrons. The molecule has 0 aliphatic heterocycles. The van der Waals surface area contributed by atoms with E-state index in [1.54, 1.807) is 6.92 Å². The first kappa shape index (κ1) is 13.3. The van der Waals surface area contributed by atoms with Gasteiger partial charge in [0.15, 0.2) is 0 Å². The lowest BCUT2D eigenvalue weighted by Crippen LogP contribution is -2.24. The van der Waals surface area contributed by atoms with Gasteiger partial charge in [0, 0.05) is 18.6 Å². The Bertz CT molecular complexity index is 666. The molecule has 2 aromatic heterocycles. The molecule has 2 rings (SSSR count). The highest BCUT2D eigenvalue weighted by atomic mass is 16.5. The highest BCUT2D eigenvalue weighted by Gasteiger charge is 2.14. The van der Waals surface area contributed by atoms with E-state index in [1.165, 1.54) is 24.7 Å². The van der Waals surface area contributed by atoms with E-state index in [-0.39, 0.29) is 24.4 Å². The summed E-state index contributed by atoms with van der Waals surface area (Å²) >= 11 is 0. The molecule has 0 atom stereocenters. The Kier molecular flexibility index (Phi) is 3.66. The van der Waals surface area contributed by atoms with E-state index < -0.39 is 0 Å². The fourth-order valence-corrected chi connectivity index (χ4v) is 1.88. The molecule has 2 aromatic rings. The van der Waals surface area contributed by atoms with Gasteiger partial charge in [-0.1, -0.05) is 0 Å². The molecular weight excluding hydrogens is 250 g/mol. The van der Waals surface area contributed by atoms with Crippen molar-refractivity contribution in [3.05, 3.63) is 27.7 Å². The number of aromatic nitrogens is 3. The van der Waals surface area contributed by atoms with E-state index in [0.717, 1.165) is 0 Å². The lowest BCUT2D eigenvalue weighted by atomic mass is 10.2. The summed E-state index contributed by atoms with van der Waals surface area (Å²) in [6.07, 6.45) is 0.246. The second-order valence-corrected chi connectivity index (χ2v) is 3.93. The molecule has 0 aliphatic rings. The molecule has 7 nitrogen and oxygen atoms in total. The predicted molar refractivity (Wildman–Crippen MR) is 67.9 cm³/mol. The maximum absolute atomic E-state index is 12.4. The minimum atomic E-state index is -0.288. The zero-order valence-electron chi connectivity index (χ0n) is 11.0. The number of aryl methyl sites for hydroxylation is 1. The predicted octanol–water partition coefficient (Wildman–Crippen LogP) is -0.0501. The van der Waals surface area contributed by atoms with Gasteiger partial charge in [-0.2, -0.15) is 4.98 Å². The van der Waals surface area contributed by atoms with Crippen molar-refractivity contribution in [2.45, 2.75) is 13.3 Å². The number of aliphatic hydroxyl groups is 1. The van der Waals surface area contributed by atoms with Gasteiger partial charge in [0.25, 0.3) is 5.56 Å². The molecule has 7 heteroatoms. The molecule has 0 saturated carbocycles. The van der Waals surface area contributed by atoms with Crippen LogP contribution in [0.15, 0.2) is 10.9 Å². The van der Waals surface area contributed by atoms with E-state index in [2.05, 4.69) is 9.97 Å². The Balaban J connectivity index is 2.84. The Morgan fingerprint density at radius 2 is 2.05 bits per heavy atom. The van der Waals surface area contributed by atoms with Crippen LogP contribution >= 0.6 is 0 Å². The van der Waals surface area contributed by atoms with Gasteiger partial charge >= 0.3 is 0 Å². The number of aliphatic hydroxyl groups excluding tert-OH is 1. The third kappa shape index (κ3) is 2.24. The number of hydrogen-bond donors (Lipinski definition) is 1. The molecule has 102 valence electrons. The van der Waals surface area contributed by atoms with Gasteiger partial charge in [0.05, 0.1) is 26.0 Å². The molecule has 19 heavy (non-hydrogen) atoms. The largest absolute Gasteiger partial charge is 0.482 e. The third-order valence-corrected chi connectivity index (χ3v) is 2.82. The molecule has 0 aromatic carbocycles. The first-order chi connectivity index (χ1) is 9.12. The van der Waals surface area contributed by atoms with Gasteiger partial charge in [0.1, 0.15) is 0 Å². The van der Waals surface area contributed by atoms with E-state index in [1.807, 2.05) is 0 Å². The van der Waals surface area contributed by atoms with E-state index in [4.69, 9.17) is 14.6 Å². The molecule has 0 amide bonds. The minimum Gasteiger partial charge on any atom is -0.482 e. The molecule has 0 unspecified atom stereocenters. The van der Waals surface area contributed by atoms with Crippen LogP contribution in [-0.2, 0) is 6.42 Å². The maximum Gasteiger partial charge on any atom is 0.265 e. The van der Waals surface area contributed by atoms with Crippen LogP contribution in [0.4, 0.5) is 0 Å². The van der Waals surface area contributed by atoms with E-state index in [9.17, 15) is 4.79 Å². The SMILES string of the molecule is COc1cc(OC)n2c(=O)c(CCO)c(C)nc2n1. The molecule has 0 bridgehead atoms. The summed E-state index contributed by atoms with van der Waals surface area (Å²) in [5.74, 6) is 0.817. The maximum atomic E-state index is 12.4. The van der Waals surface area contributed by atoms with Crippen LogP contribution < -0.4 is 15.0 Å². The number of fused-ring (bicyclic) bond motifs is 1. The van der Waals surface area contributed by atoms with Crippen LogP contribution in [0.5, 0.6) is 11.8 Å². The Morgan fingerprint density at radius 3 is 2.63 bits per heavy atom. The summed E-state index contributed by atoms with van der Waals surface area (Å²) in [7, 11) is 2.93. The summed E-state index contributed by atoms with van der Waals surface area (Å²) in [5.41, 5.74) is 0.704. The zero-order valence-corrected chi connectivity index (χ0v) is 11.0. The second-order valence-electron chi connectivity index (χ2n) is 3.93. The van der Waals surface area contributed by atoms with E-state index in [0.29, 0.717) is 23.0 Å². The Hall–Kier alpha value is -2.15. The molecule has 0 saturated heterocycles. The third-order valence-electron chi connectivity index (χ3n) is 2.82. The van der Waals surface area contributed by atoms with Crippen LogP contribution in [0.1, 0.15) is 11.3 Å². The summed E-state index contributed by atoms with van der Waals surface area (Å²) in [5, 5.41) is 9.01. The average Bonchev–Trinajstić information content (AvgIpc) is 2.41. The minimum absolute atomic E-state index is 0.115. The fourth-order valence-electron chi connectivity index (χ4n) is 1.88. The van der Waals surface area contributed by atoms with Crippen molar-refractivity contribution in [1.29, 1.82) is 0 Å². The number of rotatable bonds is 4. The first-order valence-corrected chi connectivity index (χ1v) is 5.74. The number of ether oxygens (including phenoxy) is 2. The van der Waals surface area contributed by atoms with Crippen LogP contribution in [0.25, 0.3) is 5.78 Å². The van der Waals surface area contributed by atoms with Crippen molar-refractivity contribution in [1.82, 2.24) is 14.4 Å². The number of hydrogen-bond acceptors (Lipinski definition) is 6. The molecular formula is C12H15N3O4. The summed E-state index contributed by atoms with van der Waals surface area (Å²) in [6.45, 7) is 1.59. The van der Waals surface area contributed by atoms with Crippen LogP contribution in [0, 0.1) is 6.92 Å². The van der Waals surface area contributed by atoms with Crippen molar-refractivity contribution in [2.75, 3.05) is 20.8 Å². The molecule has 0 fully saturated rings. The monoisotopic (exact) mass is 265 g/mol. The highest BCUT2D eigenvalue weighted by Crippen LogP contribution is 2.18. The Morgan fingerprint density at radius 1 is 1.32 bits per heavy atom. The quantitative estimate of drug-likeness (QED) is 0.834. The molecule has 0 spiro atoms. The molecule has 0 aliphatic carbocycles. The van der Waals surface area contributed by atoms with Gasteiger partial charge in [-0.05, 0) is 6.92 Å². The molecule has 1 N–H and O–H groups in total. The molecule has 2 heterocycles. The first-order valence-electron chi connectivity index (χ1n) is 5.74. The topological polar surface area (TPSA) is 86.0 Å². The zero-order chi connectivity index (χ0) is 14.0.